The third kappa shape index (κ3) is 3.80. The first-order valence-electron chi connectivity index (χ1n) is 9.72. The molecule has 0 bridgehead atoms. The summed E-state index contributed by atoms with van der Waals surface area (Å²) in [4.78, 5) is 33.5. The molecule has 1 atom stereocenters. The van der Waals surface area contributed by atoms with Crippen LogP contribution < -0.4 is 5.32 Å². The lowest BCUT2D eigenvalue weighted by atomic mass is 10.2. The normalized spacial score (nSPS) is 18.9. The Morgan fingerprint density at radius 3 is 2.57 bits per heavy atom. The number of rotatable bonds is 5. The predicted octanol–water partition coefficient (Wildman–Crippen LogP) is 0.808. The van der Waals surface area contributed by atoms with Crippen LogP contribution >= 0.6 is 0 Å². The van der Waals surface area contributed by atoms with Gasteiger partial charge in [-0.25, -0.2) is 4.98 Å². The number of hydrogen-bond acceptors (Lipinski definition) is 6. The molecule has 9 heteroatoms. The predicted molar refractivity (Wildman–Crippen MR) is 102 cm³/mol. The van der Waals surface area contributed by atoms with Crippen LogP contribution in [0.25, 0.3) is 11.5 Å². The molecule has 2 aromatic rings. The van der Waals surface area contributed by atoms with Crippen molar-refractivity contribution < 1.29 is 14.0 Å². The van der Waals surface area contributed by atoms with Gasteiger partial charge in [0, 0.05) is 45.5 Å². The molecular weight excluding hydrogens is 360 g/mol. The minimum absolute atomic E-state index is 0.0794. The summed E-state index contributed by atoms with van der Waals surface area (Å²) in [6, 6.07) is 0.186. The van der Waals surface area contributed by atoms with E-state index in [0.29, 0.717) is 49.6 Å². The summed E-state index contributed by atoms with van der Waals surface area (Å²) in [5.41, 5.74) is 1.08. The molecule has 4 rings (SSSR count). The van der Waals surface area contributed by atoms with Crippen LogP contribution in [0.5, 0.6) is 0 Å². The Kier molecular flexibility index (Phi) is 4.92. The van der Waals surface area contributed by atoms with Gasteiger partial charge in [-0.1, -0.05) is 0 Å². The number of aryl methyl sites for hydroxylation is 2. The maximum Gasteiger partial charge on any atom is 0.276 e. The fourth-order valence-electron chi connectivity index (χ4n) is 3.43. The van der Waals surface area contributed by atoms with Gasteiger partial charge in [0.25, 0.3) is 5.91 Å². The molecule has 1 aliphatic carbocycles. The zero-order chi connectivity index (χ0) is 19.8. The molecule has 2 aromatic heterocycles. The number of nitrogens with one attached hydrogen (secondary N) is 1. The van der Waals surface area contributed by atoms with Crippen molar-refractivity contribution in [1.82, 2.24) is 29.9 Å². The number of hydrogen-bond donors (Lipinski definition) is 1. The van der Waals surface area contributed by atoms with Gasteiger partial charge in [-0.05, 0) is 26.7 Å². The van der Waals surface area contributed by atoms with Gasteiger partial charge >= 0.3 is 0 Å². The summed E-state index contributed by atoms with van der Waals surface area (Å²) in [6.07, 6.45) is 5.62. The SMILES string of the molecule is Cc1oc(-c2cnn(C)c2)nc1C(=O)N1CCN(C(C)C(=O)NC2CC2)CC1. The van der Waals surface area contributed by atoms with Crippen LogP contribution in [0, 0.1) is 6.92 Å². The van der Waals surface area contributed by atoms with E-state index >= 15 is 0 Å². The second kappa shape index (κ2) is 7.38. The maximum atomic E-state index is 12.9. The van der Waals surface area contributed by atoms with Crippen LogP contribution in [0.2, 0.25) is 0 Å². The highest BCUT2D eigenvalue weighted by atomic mass is 16.4. The van der Waals surface area contributed by atoms with Crippen LogP contribution in [0.1, 0.15) is 36.0 Å². The molecule has 1 saturated carbocycles. The van der Waals surface area contributed by atoms with E-state index in [1.165, 1.54) is 0 Å². The van der Waals surface area contributed by atoms with Gasteiger partial charge in [-0.15, -0.1) is 0 Å². The Morgan fingerprint density at radius 2 is 1.96 bits per heavy atom. The quantitative estimate of drug-likeness (QED) is 0.817. The Morgan fingerprint density at radius 1 is 1.25 bits per heavy atom. The van der Waals surface area contributed by atoms with E-state index in [9.17, 15) is 9.59 Å². The second-order valence-corrected chi connectivity index (χ2v) is 7.61. The maximum absolute atomic E-state index is 12.9. The van der Waals surface area contributed by atoms with E-state index in [4.69, 9.17) is 4.42 Å². The average molecular weight is 386 g/mol. The van der Waals surface area contributed by atoms with Gasteiger partial charge in [0.05, 0.1) is 17.8 Å². The van der Waals surface area contributed by atoms with Crippen LogP contribution in [0.15, 0.2) is 16.8 Å². The van der Waals surface area contributed by atoms with Crippen molar-refractivity contribution >= 4 is 11.8 Å². The van der Waals surface area contributed by atoms with E-state index < -0.39 is 0 Å². The topological polar surface area (TPSA) is 96.5 Å². The van der Waals surface area contributed by atoms with E-state index in [1.807, 2.05) is 14.0 Å². The van der Waals surface area contributed by atoms with Crippen LogP contribution in [-0.2, 0) is 11.8 Å². The van der Waals surface area contributed by atoms with Crippen molar-refractivity contribution in [2.45, 2.75) is 38.8 Å². The Labute approximate surface area is 163 Å². The fraction of sp³-hybridized carbons (Fsp3) is 0.579. The molecule has 28 heavy (non-hydrogen) atoms. The first-order chi connectivity index (χ1) is 13.4. The summed E-state index contributed by atoms with van der Waals surface area (Å²) < 4.78 is 7.35. The lowest BCUT2D eigenvalue weighted by Gasteiger charge is -2.37. The number of carbonyl (C=O) groups is 2. The molecule has 1 N–H and O–H groups in total. The molecule has 150 valence electrons. The highest BCUT2D eigenvalue weighted by molar-refractivity contribution is 5.93. The van der Waals surface area contributed by atoms with E-state index in [-0.39, 0.29) is 17.9 Å². The van der Waals surface area contributed by atoms with Crippen molar-refractivity contribution in [3.8, 4) is 11.5 Å². The molecular formula is C19H26N6O3. The zero-order valence-electron chi connectivity index (χ0n) is 16.5. The Bertz CT molecular complexity index is 876. The Balaban J connectivity index is 1.37. The van der Waals surface area contributed by atoms with Crippen LogP contribution in [0.3, 0.4) is 0 Å². The van der Waals surface area contributed by atoms with E-state index in [1.54, 1.807) is 28.9 Å². The highest BCUT2D eigenvalue weighted by Gasteiger charge is 2.32. The third-order valence-electron chi connectivity index (χ3n) is 5.40. The number of piperazine rings is 1. The van der Waals surface area contributed by atoms with Gasteiger partial charge < -0.3 is 14.6 Å². The standard InChI is InChI=1S/C19H26N6O3/c1-12(17(26)21-15-4-5-15)24-6-8-25(9-7-24)19(27)16-13(2)28-18(22-16)14-10-20-23(3)11-14/h10-12,15H,4-9H2,1-3H3,(H,21,26). The van der Waals surface area contributed by atoms with Crippen molar-refractivity contribution in [2.24, 2.45) is 7.05 Å². The average Bonchev–Trinajstić information content (AvgIpc) is 3.26. The number of carbonyl (C=O) groups excluding carboxylic acids is 2. The lowest BCUT2D eigenvalue weighted by Crippen LogP contribution is -2.55. The first kappa shape index (κ1) is 18.7. The molecule has 1 unspecified atom stereocenters. The number of oxazole rings is 1. The van der Waals surface area contributed by atoms with Gasteiger partial charge in [0.2, 0.25) is 11.8 Å². The van der Waals surface area contributed by atoms with Gasteiger partial charge in [-0.2, -0.15) is 5.10 Å². The summed E-state index contributed by atoms with van der Waals surface area (Å²) in [5.74, 6) is 0.850. The summed E-state index contributed by atoms with van der Waals surface area (Å²) in [5, 5.41) is 7.16. The van der Waals surface area contributed by atoms with E-state index in [0.717, 1.165) is 18.4 Å². The van der Waals surface area contributed by atoms with E-state index in [2.05, 4.69) is 20.3 Å². The lowest BCUT2D eigenvalue weighted by molar-refractivity contribution is -0.126. The summed E-state index contributed by atoms with van der Waals surface area (Å²) in [7, 11) is 1.82. The zero-order valence-corrected chi connectivity index (χ0v) is 16.5. The van der Waals surface area contributed by atoms with Gasteiger partial charge in [-0.3, -0.25) is 19.2 Å². The minimum atomic E-state index is -0.177. The first-order valence-corrected chi connectivity index (χ1v) is 9.72. The molecule has 1 saturated heterocycles. The largest absolute Gasteiger partial charge is 0.440 e. The van der Waals surface area contributed by atoms with Crippen molar-refractivity contribution in [3.63, 3.8) is 0 Å². The van der Waals surface area contributed by atoms with Crippen molar-refractivity contribution in [1.29, 1.82) is 0 Å². The van der Waals surface area contributed by atoms with Gasteiger partial charge in [0.1, 0.15) is 5.76 Å². The smallest absolute Gasteiger partial charge is 0.276 e. The minimum Gasteiger partial charge on any atom is -0.440 e. The third-order valence-corrected chi connectivity index (χ3v) is 5.40. The fourth-order valence-corrected chi connectivity index (χ4v) is 3.43. The molecule has 0 radical (unpaired) electrons. The molecule has 2 fully saturated rings. The van der Waals surface area contributed by atoms with Crippen molar-refractivity contribution in [2.75, 3.05) is 26.2 Å². The van der Waals surface area contributed by atoms with Gasteiger partial charge in [0.15, 0.2) is 5.69 Å². The monoisotopic (exact) mass is 386 g/mol. The number of nitrogens with zero attached hydrogens (tertiary/aromatic N) is 5. The molecule has 0 aromatic carbocycles. The molecule has 9 nitrogen and oxygen atoms in total. The number of aromatic nitrogens is 3. The second-order valence-electron chi connectivity index (χ2n) is 7.61. The molecule has 1 aliphatic heterocycles. The van der Waals surface area contributed by atoms with Crippen LogP contribution in [0.4, 0.5) is 0 Å². The highest BCUT2D eigenvalue weighted by Crippen LogP contribution is 2.23. The Hall–Kier alpha value is -2.68. The molecule has 3 heterocycles. The molecule has 0 spiro atoms. The molecule has 2 aliphatic rings. The number of amides is 2. The van der Waals surface area contributed by atoms with Crippen molar-refractivity contribution in [3.05, 3.63) is 23.8 Å². The van der Waals surface area contributed by atoms with Crippen LogP contribution in [-0.4, -0.2) is 74.6 Å². The molecule has 2 amide bonds. The summed E-state index contributed by atoms with van der Waals surface area (Å²) >= 11 is 0. The summed E-state index contributed by atoms with van der Waals surface area (Å²) in [6.45, 7) is 6.13.